The van der Waals surface area contributed by atoms with Crippen molar-refractivity contribution in [3.8, 4) is 11.1 Å². The molecule has 0 aromatic heterocycles. The number of nitrogens with zero attached hydrogens (tertiary/aromatic N) is 2. The van der Waals surface area contributed by atoms with Crippen LogP contribution in [-0.2, 0) is 0 Å². The van der Waals surface area contributed by atoms with Gasteiger partial charge in [-0.15, -0.1) is 9.81 Å². The minimum absolute atomic E-state index is 0.116. The maximum atomic E-state index is 12.1. The Morgan fingerprint density at radius 1 is 0.667 bits per heavy atom. The van der Waals surface area contributed by atoms with Gasteiger partial charge in [-0.2, -0.15) is 0 Å². The second-order valence-electron chi connectivity index (χ2n) is 3.97. The molecule has 0 spiro atoms. The normalized spacial score (nSPS) is 11.9. The zero-order chi connectivity index (χ0) is 12.7. The van der Waals surface area contributed by atoms with E-state index in [-0.39, 0.29) is 17.2 Å². The molecule has 0 amide bonds. The number of ketones is 1. The highest BCUT2D eigenvalue weighted by molar-refractivity contribution is 6.22. The van der Waals surface area contributed by atoms with Gasteiger partial charge < -0.3 is 0 Å². The molecule has 0 saturated heterocycles. The van der Waals surface area contributed by atoms with Crippen LogP contribution in [0.5, 0.6) is 0 Å². The third-order valence-electron chi connectivity index (χ3n) is 3.00. The van der Waals surface area contributed by atoms with E-state index in [1.165, 1.54) is 12.1 Å². The number of carbonyl (C=O) groups is 1. The van der Waals surface area contributed by atoms with E-state index in [4.69, 9.17) is 0 Å². The lowest BCUT2D eigenvalue weighted by atomic mass is 10.0. The van der Waals surface area contributed by atoms with Crippen LogP contribution in [0.4, 0.5) is 11.4 Å². The van der Waals surface area contributed by atoms with Gasteiger partial charge in [-0.1, -0.05) is 0 Å². The topological polar surface area (TPSA) is 75.9 Å². The van der Waals surface area contributed by atoms with E-state index in [1.54, 1.807) is 24.3 Å². The number of nitroso groups, excluding NO2 is 2. The molecule has 0 unspecified atom stereocenters. The van der Waals surface area contributed by atoms with Gasteiger partial charge in [0.2, 0.25) is 0 Å². The molecule has 1 aliphatic rings. The molecular formula is C13H6N2O3. The van der Waals surface area contributed by atoms with E-state index in [0.29, 0.717) is 22.3 Å². The first-order valence-corrected chi connectivity index (χ1v) is 5.24. The van der Waals surface area contributed by atoms with Gasteiger partial charge in [-0.05, 0) is 57.9 Å². The van der Waals surface area contributed by atoms with Crippen molar-refractivity contribution in [2.24, 2.45) is 10.4 Å². The summed E-state index contributed by atoms with van der Waals surface area (Å²) in [7, 11) is 0. The van der Waals surface area contributed by atoms with E-state index < -0.39 is 0 Å². The summed E-state index contributed by atoms with van der Waals surface area (Å²) in [6.07, 6.45) is 0. The third-order valence-corrected chi connectivity index (χ3v) is 3.00. The standard InChI is InChI=1S/C13H6N2O3/c16-13-9-3-1-7(14-17)5-11(9)12-6-8(15-18)2-4-10(12)13/h1-6H. The molecule has 0 radical (unpaired) electrons. The van der Waals surface area contributed by atoms with Gasteiger partial charge >= 0.3 is 0 Å². The minimum Gasteiger partial charge on any atom is -0.289 e. The third kappa shape index (κ3) is 1.31. The van der Waals surface area contributed by atoms with Crippen molar-refractivity contribution in [1.29, 1.82) is 0 Å². The molecule has 5 heteroatoms. The van der Waals surface area contributed by atoms with E-state index in [2.05, 4.69) is 10.4 Å². The number of fused-ring (bicyclic) bond motifs is 3. The fourth-order valence-electron chi connectivity index (χ4n) is 2.16. The minimum atomic E-state index is -0.116. The summed E-state index contributed by atoms with van der Waals surface area (Å²) in [5, 5.41) is 5.68. The molecule has 2 aromatic carbocycles. The van der Waals surface area contributed by atoms with Crippen LogP contribution >= 0.6 is 0 Å². The van der Waals surface area contributed by atoms with Crippen LogP contribution in [0.1, 0.15) is 15.9 Å². The van der Waals surface area contributed by atoms with Crippen LogP contribution < -0.4 is 0 Å². The fourth-order valence-corrected chi connectivity index (χ4v) is 2.16. The van der Waals surface area contributed by atoms with E-state index in [9.17, 15) is 14.6 Å². The summed E-state index contributed by atoms with van der Waals surface area (Å²) >= 11 is 0. The zero-order valence-electron chi connectivity index (χ0n) is 9.08. The highest BCUT2D eigenvalue weighted by Crippen LogP contribution is 2.40. The van der Waals surface area contributed by atoms with Crippen molar-refractivity contribution in [2.45, 2.75) is 0 Å². The Hall–Kier alpha value is -2.69. The predicted octanol–water partition coefficient (Wildman–Crippen LogP) is 3.69. The van der Waals surface area contributed by atoms with E-state index >= 15 is 0 Å². The Morgan fingerprint density at radius 2 is 1.11 bits per heavy atom. The second kappa shape index (κ2) is 3.66. The van der Waals surface area contributed by atoms with Crippen molar-refractivity contribution >= 4 is 17.2 Å². The zero-order valence-corrected chi connectivity index (χ0v) is 9.08. The maximum absolute atomic E-state index is 12.1. The SMILES string of the molecule is O=Nc1ccc2c(c1)-c1cc(N=O)ccc1C2=O. The molecule has 0 aliphatic heterocycles. The molecule has 86 valence electrons. The summed E-state index contributed by atoms with van der Waals surface area (Å²) in [5.41, 5.74) is 2.77. The van der Waals surface area contributed by atoms with Crippen molar-refractivity contribution in [2.75, 3.05) is 0 Å². The quantitative estimate of drug-likeness (QED) is 0.638. The first kappa shape index (κ1) is 10.5. The Balaban J connectivity index is 2.32. The number of carbonyl (C=O) groups excluding carboxylic acids is 1. The smallest absolute Gasteiger partial charge is 0.194 e. The average molecular weight is 238 g/mol. The first-order valence-electron chi connectivity index (χ1n) is 5.24. The monoisotopic (exact) mass is 238 g/mol. The molecule has 0 N–H and O–H groups in total. The van der Waals surface area contributed by atoms with E-state index in [0.717, 1.165) is 0 Å². The average Bonchev–Trinajstić information content (AvgIpc) is 2.71. The predicted molar refractivity (Wildman–Crippen MR) is 66.2 cm³/mol. The van der Waals surface area contributed by atoms with Crippen LogP contribution in [0, 0.1) is 9.81 Å². The number of hydrogen-bond donors (Lipinski definition) is 0. The molecule has 0 saturated carbocycles. The van der Waals surface area contributed by atoms with Crippen LogP contribution in [0.15, 0.2) is 46.8 Å². The Bertz CT molecular complexity index is 648. The van der Waals surface area contributed by atoms with Crippen molar-refractivity contribution in [1.82, 2.24) is 0 Å². The molecule has 0 heterocycles. The lowest BCUT2D eigenvalue weighted by molar-refractivity contribution is 0.104. The van der Waals surface area contributed by atoms with Crippen molar-refractivity contribution in [3.63, 3.8) is 0 Å². The Kier molecular flexibility index (Phi) is 2.13. The summed E-state index contributed by atoms with van der Waals surface area (Å²) in [6, 6.07) is 9.22. The number of rotatable bonds is 2. The van der Waals surface area contributed by atoms with Crippen LogP contribution in [0.3, 0.4) is 0 Å². The van der Waals surface area contributed by atoms with Gasteiger partial charge in [0.1, 0.15) is 11.4 Å². The van der Waals surface area contributed by atoms with Crippen molar-refractivity contribution in [3.05, 3.63) is 57.3 Å². The van der Waals surface area contributed by atoms with Gasteiger partial charge in [0.25, 0.3) is 0 Å². The first-order chi connectivity index (χ1) is 8.74. The molecule has 3 rings (SSSR count). The maximum Gasteiger partial charge on any atom is 0.194 e. The molecule has 18 heavy (non-hydrogen) atoms. The van der Waals surface area contributed by atoms with Gasteiger partial charge in [0, 0.05) is 11.1 Å². The summed E-state index contributed by atoms with van der Waals surface area (Å²) < 4.78 is 0. The van der Waals surface area contributed by atoms with Crippen molar-refractivity contribution < 1.29 is 4.79 Å². The summed E-state index contributed by atoms with van der Waals surface area (Å²) in [4.78, 5) is 33.1. The molecule has 0 bridgehead atoms. The summed E-state index contributed by atoms with van der Waals surface area (Å²) in [5.74, 6) is -0.116. The van der Waals surface area contributed by atoms with Gasteiger partial charge in [-0.3, -0.25) is 4.79 Å². The molecular weight excluding hydrogens is 232 g/mol. The van der Waals surface area contributed by atoms with Crippen LogP contribution in [-0.4, -0.2) is 5.78 Å². The highest BCUT2D eigenvalue weighted by Gasteiger charge is 2.27. The molecule has 2 aromatic rings. The Morgan fingerprint density at radius 3 is 1.50 bits per heavy atom. The number of benzene rings is 2. The van der Waals surface area contributed by atoms with Gasteiger partial charge in [-0.25, -0.2) is 0 Å². The summed E-state index contributed by atoms with van der Waals surface area (Å²) in [6.45, 7) is 0. The Labute approximate surface area is 101 Å². The molecule has 1 aliphatic carbocycles. The molecule has 0 fully saturated rings. The molecule has 0 atom stereocenters. The lowest BCUT2D eigenvalue weighted by Gasteiger charge is -2.00. The van der Waals surface area contributed by atoms with Gasteiger partial charge in [0.15, 0.2) is 5.78 Å². The van der Waals surface area contributed by atoms with Crippen LogP contribution in [0.2, 0.25) is 0 Å². The second-order valence-corrected chi connectivity index (χ2v) is 3.97. The largest absolute Gasteiger partial charge is 0.289 e. The highest BCUT2D eigenvalue weighted by atomic mass is 16.3. The molecule has 5 nitrogen and oxygen atoms in total. The van der Waals surface area contributed by atoms with Crippen LogP contribution in [0.25, 0.3) is 11.1 Å². The van der Waals surface area contributed by atoms with E-state index in [1.807, 2.05) is 0 Å². The van der Waals surface area contributed by atoms with Gasteiger partial charge in [0.05, 0.1) is 0 Å². The number of hydrogen-bond acceptors (Lipinski definition) is 5. The fraction of sp³-hybridized carbons (Fsp3) is 0. The lowest BCUT2D eigenvalue weighted by Crippen LogP contribution is -1.93.